The van der Waals surface area contributed by atoms with Crippen molar-refractivity contribution < 1.29 is 14.3 Å². The first-order valence-electron chi connectivity index (χ1n) is 11.3. The van der Waals surface area contributed by atoms with Gasteiger partial charge in [0.25, 0.3) is 0 Å². The van der Waals surface area contributed by atoms with E-state index in [9.17, 15) is 9.59 Å². The normalized spacial score (nSPS) is 16.6. The Bertz CT molecular complexity index is 866. The Morgan fingerprint density at radius 3 is 2.42 bits per heavy atom. The molecule has 0 bridgehead atoms. The third kappa shape index (κ3) is 6.41. The molecule has 2 aromatic rings. The third-order valence-electron chi connectivity index (χ3n) is 5.71. The van der Waals surface area contributed by atoms with Gasteiger partial charge in [0.15, 0.2) is 0 Å². The number of carbonyl (C=O) groups is 2. The van der Waals surface area contributed by atoms with Crippen molar-refractivity contribution in [2.45, 2.75) is 58.7 Å². The summed E-state index contributed by atoms with van der Waals surface area (Å²) < 4.78 is 5.89. The fourth-order valence-electron chi connectivity index (χ4n) is 3.97. The van der Waals surface area contributed by atoms with Gasteiger partial charge in [0, 0.05) is 32.5 Å². The Hall–Kier alpha value is -2.66. The van der Waals surface area contributed by atoms with Gasteiger partial charge in [-0.1, -0.05) is 68.4 Å². The van der Waals surface area contributed by atoms with Crippen LogP contribution in [-0.4, -0.2) is 35.9 Å². The second kappa shape index (κ2) is 11.1. The molecule has 166 valence electrons. The van der Waals surface area contributed by atoms with Crippen molar-refractivity contribution in [3.05, 3.63) is 71.3 Å². The number of nitrogens with one attached hydrogen (secondary N) is 1. The average molecular weight is 423 g/mol. The highest BCUT2D eigenvalue weighted by atomic mass is 16.5. The van der Waals surface area contributed by atoms with Crippen molar-refractivity contribution in [2.24, 2.45) is 5.92 Å². The lowest BCUT2D eigenvalue weighted by atomic mass is 9.92. The molecule has 2 unspecified atom stereocenters. The molecule has 0 saturated carbocycles. The van der Waals surface area contributed by atoms with E-state index in [1.165, 1.54) is 0 Å². The van der Waals surface area contributed by atoms with Crippen molar-refractivity contribution >= 4 is 11.8 Å². The lowest BCUT2D eigenvalue weighted by Gasteiger charge is -2.36. The molecule has 5 nitrogen and oxygen atoms in total. The summed E-state index contributed by atoms with van der Waals surface area (Å²) in [7, 11) is 0. The molecular formula is C26H34N2O3. The first-order chi connectivity index (χ1) is 15.0. The largest absolute Gasteiger partial charge is 0.374 e. The molecule has 1 N–H and O–H groups in total. The molecule has 2 atom stereocenters. The zero-order chi connectivity index (χ0) is 22.2. The molecule has 2 aromatic carbocycles. The topological polar surface area (TPSA) is 58.6 Å². The van der Waals surface area contributed by atoms with Gasteiger partial charge in [0.1, 0.15) is 6.04 Å². The molecule has 2 amide bonds. The summed E-state index contributed by atoms with van der Waals surface area (Å²) in [5.41, 5.74) is 3.43. The Morgan fingerprint density at radius 1 is 1.03 bits per heavy atom. The highest BCUT2D eigenvalue weighted by Crippen LogP contribution is 2.25. The van der Waals surface area contributed by atoms with Crippen molar-refractivity contribution in [1.29, 1.82) is 0 Å². The second-order valence-electron chi connectivity index (χ2n) is 8.68. The fourth-order valence-corrected chi connectivity index (χ4v) is 3.97. The number of fused-ring (bicyclic) bond motifs is 1. The van der Waals surface area contributed by atoms with Crippen LogP contribution >= 0.6 is 0 Å². The number of nitrogens with zero attached hydrogens (tertiary/aromatic N) is 1. The van der Waals surface area contributed by atoms with Crippen molar-refractivity contribution in [3.8, 4) is 0 Å². The Kier molecular flexibility index (Phi) is 8.24. The minimum atomic E-state index is -0.453. The maximum atomic E-state index is 13.0. The standard InChI is InChI=1S/C26H34N2O3/c1-19(2)16-25(29)28-18-23-13-8-7-12-22(23)17-24(28)26(30)27-14-9-15-31-20(3)21-10-5-4-6-11-21/h4-8,10-13,19-20,24H,9,14-18H2,1-3H3,(H,27,30). The van der Waals surface area contributed by atoms with Crippen LogP contribution < -0.4 is 5.32 Å². The van der Waals surface area contributed by atoms with Gasteiger partial charge in [-0.15, -0.1) is 0 Å². The number of amides is 2. The van der Waals surface area contributed by atoms with Gasteiger partial charge in [-0.2, -0.15) is 0 Å². The lowest BCUT2D eigenvalue weighted by Crippen LogP contribution is -2.52. The van der Waals surface area contributed by atoms with E-state index in [1.807, 2.05) is 57.2 Å². The minimum Gasteiger partial charge on any atom is -0.374 e. The highest BCUT2D eigenvalue weighted by Gasteiger charge is 2.34. The van der Waals surface area contributed by atoms with E-state index in [2.05, 4.69) is 23.5 Å². The Labute approximate surface area is 185 Å². The predicted octanol–water partition coefficient (Wildman–Crippen LogP) is 4.27. The van der Waals surface area contributed by atoms with Gasteiger partial charge < -0.3 is 15.0 Å². The van der Waals surface area contributed by atoms with Crippen LogP contribution in [0.5, 0.6) is 0 Å². The van der Waals surface area contributed by atoms with Gasteiger partial charge >= 0.3 is 0 Å². The van der Waals surface area contributed by atoms with Crippen LogP contribution in [0.2, 0.25) is 0 Å². The molecule has 1 aliphatic rings. The number of benzene rings is 2. The molecule has 1 aliphatic heterocycles. The summed E-state index contributed by atoms with van der Waals surface area (Å²) in [5, 5.41) is 3.02. The molecule has 0 saturated heterocycles. The lowest BCUT2D eigenvalue weighted by molar-refractivity contribution is -0.142. The number of carbonyl (C=O) groups excluding carboxylic acids is 2. The summed E-state index contributed by atoms with van der Waals surface area (Å²) in [6.07, 6.45) is 1.77. The first-order valence-corrected chi connectivity index (χ1v) is 11.3. The zero-order valence-electron chi connectivity index (χ0n) is 18.8. The van der Waals surface area contributed by atoms with Crippen LogP contribution in [0, 0.1) is 5.92 Å². The third-order valence-corrected chi connectivity index (χ3v) is 5.71. The molecule has 0 spiro atoms. The maximum absolute atomic E-state index is 13.0. The summed E-state index contributed by atoms with van der Waals surface area (Å²) in [6, 6.07) is 17.7. The van der Waals surface area contributed by atoms with Gasteiger partial charge in [-0.3, -0.25) is 9.59 Å². The van der Waals surface area contributed by atoms with E-state index in [0.29, 0.717) is 32.5 Å². The van der Waals surface area contributed by atoms with Gasteiger partial charge in [-0.05, 0) is 36.0 Å². The van der Waals surface area contributed by atoms with Crippen molar-refractivity contribution in [2.75, 3.05) is 13.2 Å². The second-order valence-corrected chi connectivity index (χ2v) is 8.68. The number of rotatable bonds is 9. The van der Waals surface area contributed by atoms with Gasteiger partial charge in [-0.25, -0.2) is 0 Å². The van der Waals surface area contributed by atoms with E-state index in [4.69, 9.17) is 4.74 Å². The summed E-state index contributed by atoms with van der Waals surface area (Å²) in [5.74, 6) is 0.226. The average Bonchev–Trinajstić information content (AvgIpc) is 2.77. The molecule has 5 heteroatoms. The van der Waals surface area contributed by atoms with Crippen LogP contribution in [0.4, 0.5) is 0 Å². The fraction of sp³-hybridized carbons (Fsp3) is 0.462. The van der Waals surface area contributed by atoms with Gasteiger partial charge in [0.05, 0.1) is 6.10 Å². The molecule has 31 heavy (non-hydrogen) atoms. The van der Waals surface area contributed by atoms with E-state index >= 15 is 0 Å². The van der Waals surface area contributed by atoms with Crippen LogP contribution in [0.15, 0.2) is 54.6 Å². The molecule has 3 rings (SSSR count). The maximum Gasteiger partial charge on any atom is 0.243 e. The predicted molar refractivity (Wildman–Crippen MR) is 122 cm³/mol. The molecular weight excluding hydrogens is 388 g/mol. The SMILES string of the molecule is CC(C)CC(=O)N1Cc2ccccc2CC1C(=O)NCCCOC(C)c1ccccc1. The molecule has 0 radical (unpaired) electrons. The van der Waals surface area contributed by atoms with Gasteiger partial charge in [0.2, 0.25) is 11.8 Å². The van der Waals surface area contributed by atoms with E-state index in [1.54, 1.807) is 4.90 Å². The zero-order valence-corrected chi connectivity index (χ0v) is 18.8. The Balaban J connectivity index is 1.52. The van der Waals surface area contributed by atoms with Crippen LogP contribution in [0.3, 0.4) is 0 Å². The highest BCUT2D eigenvalue weighted by molar-refractivity contribution is 5.88. The molecule has 0 aliphatic carbocycles. The summed E-state index contributed by atoms with van der Waals surface area (Å²) in [4.78, 5) is 27.6. The van der Waals surface area contributed by atoms with Crippen LogP contribution in [-0.2, 0) is 27.3 Å². The number of hydrogen-bond acceptors (Lipinski definition) is 3. The Morgan fingerprint density at radius 2 is 1.71 bits per heavy atom. The summed E-state index contributed by atoms with van der Waals surface area (Å²) >= 11 is 0. The van der Waals surface area contributed by atoms with E-state index in [0.717, 1.165) is 23.1 Å². The van der Waals surface area contributed by atoms with E-state index in [-0.39, 0.29) is 23.8 Å². The molecule has 0 fully saturated rings. The molecule has 0 aromatic heterocycles. The van der Waals surface area contributed by atoms with E-state index < -0.39 is 6.04 Å². The quantitative estimate of drug-likeness (QED) is 0.614. The van der Waals surface area contributed by atoms with Crippen molar-refractivity contribution in [1.82, 2.24) is 10.2 Å². The van der Waals surface area contributed by atoms with Crippen LogP contribution in [0.25, 0.3) is 0 Å². The number of hydrogen-bond donors (Lipinski definition) is 1. The summed E-state index contributed by atoms with van der Waals surface area (Å²) in [6.45, 7) is 7.69. The smallest absolute Gasteiger partial charge is 0.243 e. The first kappa shape index (κ1) is 23.0. The minimum absolute atomic E-state index is 0.0240. The number of ether oxygens (including phenoxy) is 1. The van der Waals surface area contributed by atoms with Crippen molar-refractivity contribution in [3.63, 3.8) is 0 Å². The monoisotopic (exact) mass is 422 g/mol. The van der Waals surface area contributed by atoms with Crippen LogP contribution in [0.1, 0.15) is 56.4 Å². The molecule has 1 heterocycles.